The number of hydrogen-bond donors (Lipinski definition) is 0. The third-order valence-electron chi connectivity index (χ3n) is 3.99. The fourth-order valence-corrected chi connectivity index (χ4v) is 2.45. The molecule has 0 aliphatic rings. The summed E-state index contributed by atoms with van der Waals surface area (Å²) in [5, 5.41) is 0. The van der Waals surface area contributed by atoms with E-state index in [-0.39, 0.29) is 11.8 Å². The zero-order chi connectivity index (χ0) is 16.6. The lowest BCUT2D eigenvalue weighted by Crippen LogP contribution is -2.02. The van der Waals surface area contributed by atoms with Gasteiger partial charge in [0.25, 0.3) is 0 Å². The van der Waals surface area contributed by atoms with Gasteiger partial charge in [-0.1, -0.05) is 58.4 Å². The molecule has 128 valence electrons. The van der Waals surface area contributed by atoms with Gasteiger partial charge in [0.1, 0.15) is 0 Å². The molecule has 0 saturated heterocycles. The molecule has 0 atom stereocenters. The molecule has 0 amide bonds. The minimum Gasteiger partial charge on any atom is -0.469 e. The van der Waals surface area contributed by atoms with Gasteiger partial charge in [-0.15, -0.1) is 0 Å². The summed E-state index contributed by atoms with van der Waals surface area (Å²) in [4.78, 5) is 22.9. The molecule has 0 unspecified atom stereocenters. The van der Waals surface area contributed by atoms with Crippen molar-refractivity contribution >= 4 is 11.8 Å². The van der Waals surface area contributed by atoms with Crippen molar-refractivity contribution in [3.63, 3.8) is 0 Å². The Balaban J connectivity index is 3.46. The van der Waals surface area contributed by atoms with Crippen molar-refractivity contribution in [1.29, 1.82) is 0 Å². The molecule has 0 bridgehead atoms. The number of hydrogen-bond acceptors (Lipinski definition) is 3. The summed E-state index contributed by atoms with van der Waals surface area (Å²) >= 11 is 0. The summed E-state index contributed by atoms with van der Waals surface area (Å²) in [5.74, 6) is 0.0740. The van der Waals surface area contributed by atoms with Crippen molar-refractivity contribution in [2.24, 2.45) is 0 Å². The van der Waals surface area contributed by atoms with Crippen LogP contribution < -0.4 is 0 Å². The van der Waals surface area contributed by atoms with Crippen molar-refractivity contribution in [3.8, 4) is 0 Å². The van der Waals surface area contributed by atoms with E-state index in [9.17, 15) is 9.59 Å². The number of carbonyl (C=O) groups excluding carboxylic acids is 2. The van der Waals surface area contributed by atoms with Crippen LogP contribution in [0.4, 0.5) is 0 Å². The van der Waals surface area contributed by atoms with Gasteiger partial charge in [0.2, 0.25) is 0 Å². The van der Waals surface area contributed by atoms with E-state index in [1.807, 2.05) is 0 Å². The summed E-state index contributed by atoms with van der Waals surface area (Å²) in [6.45, 7) is 6.15. The molecular formula is C19H34O3. The van der Waals surface area contributed by atoms with E-state index in [1.165, 1.54) is 39.2 Å². The number of methoxy groups -OCH3 is 1. The largest absolute Gasteiger partial charge is 0.469 e. The maximum absolute atomic E-state index is 11.9. The number of esters is 1. The van der Waals surface area contributed by atoms with Gasteiger partial charge >= 0.3 is 5.97 Å². The van der Waals surface area contributed by atoms with Crippen LogP contribution in [0.1, 0.15) is 90.4 Å². The molecule has 0 spiro atoms. The minimum atomic E-state index is -0.150. The highest BCUT2D eigenvalue weighted by Crippen LogP contribution is 2.14. The molecular weight excluding hydrogens is 276 g/mol. The highest BCUT2D eigenvalue weighted by Gasteiger charge is 2.07. The molecule has 0 rings (SSSR count). The van der Waals surface area contributed by atoms with Crippen molar-refractivity contribution in [1.82, 2.24) is 0 Å². The minimum absolute atomic E-state index is 0.150. The van der Waals surface area contributed by atoms with E-state index in [1.54, 1.807) is 0 Å². The number of ether oxygens (including phenoxy) is 1. The van der Waals surface area contributed by atoms with Gasteiger partial charge in [-0.3, -0.25) is 9.59 Å². The summed E-state index contributed by atoms with van der Waals surface area (Å²) in [7, 11) is 1.41. The van der Waals surface area contributed by atoms with Crippen molar-refractivity contribution in [3.05, 3.63) is 12.2 Å². The van der Waals surface area contributed by atoms with E-state index in [0.29, 0.717) is 12.8 Å². The Bertz CT molecular complexity index is 321. The first-order chi connectivity index (χ1) is 10.6. The lowest BCUT2D eigenvalue weighted by molar-refractivity contribution is -0.140. The fraction of sp³-hybridized carbons (Fsp3) is 0.789. The molecule has 0 radical (unpaired) electrons. The van der Waals surface area contributed by atoms with Crippen LogP contribution in [0.5, 0.6) is 0 Å². The van der Waals surface area contributed by atoms with Gasteiger partial charge in [-0.05, 0) is 31.3 Å². The number of allylic oxidation sites excluding steroid dienone is 1. The number of ketones is 1. The topological polar surface area (TPSA) is 43.4 Å². The van der Waals surface area contributed by atoms with E-state index >= 15 is 0 Å². The van der Waals surface area contributed by atoms with Gasteiger partial charge < -0.3 is 4.74 Å². The van der Waals surface area contributed by atoms with Crippen LogP contribution in [-0.4, -0.2) is 18.9 Å². The predicted octanol–water partition coefficient (Wildman–Crippen LogP) is 5.38. The van der Waals surface area contributed by atoms with Crippen LogP contribution >= 0.6 is 0 Å². The molecule has 0 aliphatic heterocycles. The lowest BCUT2D eigenvalue weighted by atomic mass is 10.00. The normalized spacial score (nSPS) is 10.5. The average Bonchev–Trinajstić information content (AvgIpc) is 2.53. The monoisotopic (exact) mass is 310 g/mol. The Morgan fingerprint density at radius 3 is 1.86 bits per heavy atom. The average molecular weight is 310 g/mol. The maximum atomic E-state index is 11.9. The summed E-state index contributed by atoms with van der Waals surface area (Å²) in [6.07, 6.45) is 13.1. The standard InChI is InChI=1S/C19H34O3/c1-4-5-6-7-8-11-14-17(2)18(20)15-12-9-10-13-16-19(21)22-3/h2,4-16H2,1,3H3. The number of rotatable bonds is 15. The van der Waals surface area contributed by atoms with E-state index in [0.717, 1.165) is 44.1 Å². The Labute approximate surface area is 136 Å². The third kappa shape index (κ3) is 12.6. The van der Waals surface area contributed by atoms with E-state index in [2.05, 4.69) is 18.2 Å². The molecule has 0 saturated carbocycles. The van der Waals surface area contributed by atoms with Crippen molar-refractivity contribution in [2.45, 2.75) is 90.4 Å². The molecule has 0 aromatic carbocycles. The molecule has 0 N–H and O–H groups in total. The molecule has 0 fully saturated rings. The van der Waals surface area contributed by atoms with Gasteiger partial charge in [-0.25, -0.2) is 0 Å². The second-order valence-electron chi connectivity index (χ2n) is 6.03. The molecule has 22 heavy (non-hydrogen) atoms. The highest BCUT2D eigenvalue weighted by molar-refractivity contribution is 5.94. The zero-order valence-corrected chi connectivity index (χ0v) is 14.6. The summed E-state index contributed by atoms with van der Waals surface area (Å²) in [5.41, 5.74) is 0.796. The molecule has 0 aromatic heterocycles. The first-order valence-corrected chi connectivity index (χ1v) is 8.89. The van der Waals surface area contributed by atoms with Crippen LogP contribution in [-0.2, 0) is 14.3 Å². The highest BCUT2D eigenvalue weighted by atomic mass is 16.5. The van der Waals surface area contributed by atoms with Gasteiger partial charge in [0.05, 0.1) is 7.11 Å². The summed E-state index contributed by atoms with van der Waals surface area (Å²) < 4.78 is 4.59. The number of carbonyl (C=O) groups is 2. The number of unbranched alkanes of at least 4 members (excludes halogenated alkanes) is 8. The lowest BCUT2D eigenvalue weighted by Gasteiger charge is -2.05. The van der Waals surface area contributed by atoms with E-state index in [4.69, 9.17) is 0 Å². The van der Waals surface area contributed by atoms with E-state index < -0.39 is 0 Å². The maximum Gasteiger partial charge on any atom is 0.305 e. The van der Waals surface area contributed by atoms with Crippen LogP contribution in [0, 0.1) is 0 Å². The molecule has 3 nitrogen and oxygen atoms in total. The number of Topliss-reactive ketones (excluding diaryl/α,β-unsaturated/α-hetero) is 1. The van der Waals surface area contributed by atoms with Crippen LogP contribution in [0.2, 0.25) is 0 Å². The van der Waals surface area contributed by atoms with Crippen molar-refractivity contribution in [2.75, 3.05) is 7.11 Å². The zero-order valence-electron chi connectivity index (χ0n) is 14.6. The first-order valence-electron chi connectivity index (χ1n) is 8.89. The Hall–Kier alpha value is -1.12. The molecule has 0 aromatic rings. The smallest absolute Gasteiger partial charge is 0.305 e. The van der Waals surface area contributed by atoms with Crippen LogP contribution in [0.3, 0.4) is 0 Å². The Morgan fingerprint density at radius 1 is 0.773 bits per heavy atom. The van der Waals surface area contributed by atoms with Crippen LogP contribution in [0.15, 0.2) is 12.2 Å². The Morgan fingerprint density at radius 2 is 1.27 bits per heavy atom. The second-order valence-corrected chi connectivity index (χ2v) is 6.03. The predicted molar refractivity (Wildman–Crippen MR) is 91.9 cm³/mol. The summed E-state index contributed by atoms with van der Waals surface area (Å²) in [6, 6.07) is 0. The van der Waals surface area contributed by atoms with Crippen molar-refractivity contribution < 1.29 is 14.3 Å². The third-order valence-corrected chi connectivity index (χ3v) is 3.99. The second kappa shape index (κ2) is 14.8. The molecule has 0 aliphatic carbocycles. The van der Waals surface area contributed by atoms with Gasteiger partial charge in [-0.2, -0.15) is 0 Å². The molecule has 3 heteroatoms. The van der Waals surface area contributed by atoms with Gasteiger partial charge in [0, 0.05) is 12.8 Å². The fourth-order valence-electron chi connectivity index (χ4n) is 2.45. The van der Waals surface area contributed by atoms with Gasteiger partial charge in [0.15, 0.2) is 5.78 Å². The SMILES string of the molecule is C=C(CCCCCCCC)C(=O)CCCCCCC(=O)OC. The quantitative estimate of drug-likeness (QED) is 0.232. The molecule has 0 heterocycles. The Kier molecular flexibility index (Phi) is 14.0. The van der Waals surface area contributed by atoms with Crippen LogP contribution in [0.25, 0.3) is 0 Å². The first kappa shape index (κ1) is 20.9.